The van der Waals surface area contributed by atoms with Crippen molar-refractivity contribution in [2.24, 2.45) is 0 Å². The largest absolute Gasteiger partial charge is 0.463 e. The third-order valence-corrected chi connectivity index (χ3v) is 3.63. The Morgan fingerprint density at radius 1 is 1.08 bits per heavy atom. The summed E-state index contributed by atoms with van der Waals surface area (Å²) in [6.07, 6.45) is 6.54. The maximum Gasteiger partial charge on any atom is 0.341 e. The topological polar surface area (TPSA) is 61.3 Å². The molecule has 0 N–H and O–H groups in total. The predicted octanol–water partition coefficient (Wildman–Crippen LogP) is 4.35. The molecule has 5 nitrogen and oxygen atoms in total. The summed E-state index contributed by atoms with van der Waals surface area (Å²) in [6.45, 7) is 4.70. The van der Waals surface area contributed by atoms with Gasteiger partial charge in [0.15, 0.2) is 0 Å². The first-order valence-electron chi connectivity index (χ1n) is 8.45. The third kappa shape index (κ3) is 5.33. The highest BCUT2D eigenvalue weighted by molar-refractivity contribution is 5.88. The minimum absolute atomic E-state index is 0.274. The number of carbonyl (C=O) groups is 1. The van der Waals surface area contributed by atoms with E-state index in [4.69, 9.17) is 9.47 Å². The van der Waals surface area contributed by atoms with Crippen LogP contribution in [0.5, 0.6) is 6.01 Å². The van der Waals surface area contributed by atoms with Crippen molar-refractivity contribution in [1.29, 1.82) is 0 Å². The molecule has 0 spiro atoms. The Morgan fingerprint density at radius 3 is 2.42 bits per heavy atom. The van der Waals surface area contributed by atoms with Crippen LogP contribution in [0.1, 0.15) is 61.6 Å². The van der Waals surface area contributed by atoms with Crippen molar-refractivity contribution < 1.29 is 14.3 Å². The molecule has 0 aliphatic carbocycles. The van der Waals surface area contributed by atoms with E-state index in [9.17, 15) is 4.79 Å². The average Bonchev–Trinajstić information content (AvgIpc) is 2.64. The highest BCUT2D eigenvalue weighted by Gasteiger charge is 2.17. The van der Waals surface area contributed by atoms with Gasteiger partial charge in [-0.2, -0.15) is 0 Å². The molecular formula is C19H24N2O3. The van der Waals surface area contributed by atoms with Gasteiger partial charge in [-0.3, -0.25) is 0 Å². The number of unbranched alkanes of at least 4 members (excludes halogenated alkanes) is 2. The normalized spacial score (nSPS) is 11.8. The zero-order chi connectivity index (χ0) is 17.2. The van der Waals surface area contributed by atoms with E-state index < -0.39 is 5.97 Å². The number of hydrogen-bond acceptors (Lipinski definition) is 5. The SMILES string of the molecule is CCCCCOc1ncc(C(=O)OC(CC)c2ccccc2)cn1. The van der Waals surface area contributed by atoms with Crippen LogP contribution in [-0.2, 0) is 4.74 Å². The number of benzene rings is 1. The second-order valence-corrected chi connectivity index (χ2v) is 5.52. The highest BCUT2D eigenvalue weighted by Crippen LogP contribution is 2.22. The number of rotatable bonds is 9. The Bertz CT molecular complexity index is 614. The molecule has 128 valence electrons. The van der Waals surface area contributed by atoms with E-state index in [2.05, 4.69) is 16.9 Å². The second-order valence-electron chi connectivity index (χ2n) is 5.52. The van der Waals surface area contributed by atoms with Gasteiger partial charge < -0.3 is 9.47 Å². The van der Waals surface area contributed by atoms with Crippen molar-refractivity contribution in [1.82, 2.24) is 9.97 Å². The van der Waals surface area contributed by atoms with Gasteiger partial charge >= 0.3 is 12.0 Å². The van der Waals surface area contributed by atoms with Crippen molar-refractivity contribution in [3.63, 3.8) is 0 Å². The lowest BCUT2D eigenvalue weighted by Gasteiger charge is -2.16. The summed E-state index contributed by atoms with van der Waals surface area (Å²) in [4.78, 5) is 20.4. The van der Waals surface area contributed by atoms with Crippen LogP contribution < -0.4 is 4.74 Å². The maximum absolute atomic E-state index is 12.3. The fraction of sp³-hybridized carbons (Fsp3) is 0.421. The van der Waals surface area contributed by atoms with Crippen LogP contribution in [0.4, 0.5) is 0 Å². The Kier molecular flexibility index (Phi) is 7.21. The lowest BCUT2D eigenvalue weighted by Crippen LogP contribution is -2.12. The summed E-state index contributed by atoms with van der Waals surface area (Å²) in [6, 6.07) is 9.98. The first-order chi connectivity index (χ1) is 11.7. The number of ether oxygens (including phenoxy) is 2. The van der Waals surface area contributed by atoms with E-state index in [0.717, 1.165) is 24.8 Å². The number of nitrogens with zero attached hydrogens (tertiary/aromatic N) is 2. The van der Waals surface area contributed by atoms with E-state index in [1.54, 1.807) is 0 Å². The fourth-order valence-electron chi connectivity index (χ4n) is 2.26. The van der Waals surface area contributed by atoms with Gasteiger partial charge in [-0.1, -0.05) is 57.0 Å². The summed E-state index contributed by atoms with van der Waals surface area (Å²) >= 11 is 0. The number of esters is 1. The quantitative estimate of drug-likeness (QED) is 0.506. The summed E-state index contributed by atoms with van der Waals surface area (Å²) in [5.74, 6) is -0.428. The van der Waals surface area contributed by atoms with Crippen LogP contribution in [0.25, 0.3) is 0 Å². The fourth-order valence-corrected chi connectivity index (χ4v) is 2.26. The number of hydrogen-bond donors (Lipinski definition) is 0. The molecule has 0 saturated heterocycles. The van der Waals surface area contributed by atoms with Gasteiger partial charge in [0.2, 0.25) is 0 Å². The minimum Gasteiger partial charge on any atom is -0.463 e. The van der Waals surface area contributed by atoms with Crippen molar-refractivity contribution in [2.45, 2.75) is 45.6 Å². The van der Waals surface area contributed by atoms with E-state index in [0.29, 0.717) is 18.6 Å². The van der Waals surface area contributed by atoms with Crippen molar-refractivity contribution >= 4 is 5.97 Å². The molecule has 5 heteroatoms. The van der Waals surface area contributed by atoms with E-state index in [1.165, 1.54) is 12.4 Å². The smallest absolute Gasteiger partial charge is 0.341 e. The zero-order valence-corrected chi connectivity index (χ0v) is 14.3. The molecule has 24 heavy (non-hydrogen) atoms. The molecule has 1 unspecified atom stereocenters. The molecule has 1 aromatic carbocycles. The second kappa shape index (κ2) is 9.65. The molecule has 2 aromatic rings. The molecule has 0 aliphatic rings. The molecule has 1 atom stereocenters. The molecule has 0 saturated carbocycles. The molecule has 0 radical (unpaired) electrons. The average molecular weight is 328 g/mol. The molecule has 0 fully saturated rings. The lowest BCUT2D eigenvalue weighted by molar-refractivity contribution is 0.0286. The van der Waals surface area contributed by atoms with Gasteiger partial charge in [-0.05, 0) is 18.4 Å². The molecule has 1 heterocycles. The van der Waals surface area contributed by atoms with Crippen LogP contribution in [0.15, 0.2) is 42.7 Å². The van der Waals surface area contributed by atoms with Crippen LogP contribution in [-0.4, -0.2) is 22.5 Å². The molecule has 0 bridgehead atoms. The van der Waals surface area contributed by atoms with Gasteiger partial charge in [-0.25, -0.2) is 14.8 Å². The maximum atomic E-state index is 12.3. The first kappa shape index (κ1) is 17.9. The molecular weight excluding hydrogens is 304 g/mol. The number of aromatic nitrogens is 2. The first-order valence-corrected chi connectivity index (χ1v) is 8.45. The van der Waals surface area contributed by atoms with Gasteiger partial charge in [0, 0.05) is 12.4 Å². The predicted molar refractivity (Wildman–Crippen MR) is 91.9 cm³/mol. The van der Waals surface area contributed by atoms with E-state index >= 15 is 0 Å². The van der Waals surface area contributed by atoms with Gasteiger partial charge in [0.05, 0.1) is 12.2 Å². The lowest BCUT2D eigenvalue weighted by atomic mass is 10.1. The Morgan fingerprint density at radius 2 is 1.79 bits per heavy atom. The summed E-state index contributed by atoms with van der Waals surface area (Å²) in [5, 5.41) is 0. The summed E-state index contributed by atoms with van der Waals surface area (Å²) < 4.78 is 11.0. The van der Waals surface area contributed by atoms with Crippen molar-refractivity contribution in [3.05, 3.63) is 53.9 Å². The molecule has 0 amide bonds. The van der Waals surface area contributed by atoms with Gasteiger partial charge in [-0.15, -0.1) is 0 Å². The number of carbonyl (C=O) groups excluding carboxylic acids is 1. The Balaban J connectivity index is 1.92. The van der Waals surface area contributed by atoms with Crippen LogP contribution in [0.3, 0.4) is 0 Å². The minimum atomic E-state index is -0.428. The Hall–Kier alpha value is -2.43. The van der Waals surface area contributed by atoms with Crippen LogP contribution in [0, 0.1) is 0 Å². The highest BCUT2D eigenvalue weighted by atomic mass is 16.5. The standard InChI is InChI=1S/C19H24N2O3/c1-3-5-9-12-23-19-20-13-16(14-21-19)18(22)24-17(4-2)15-10-7-6-8-11-15/h6-8,10-11,13-14,17H,3-5,9,12H2,1-2H3. The van der Waals surface area contributed by atoms with Crippen LogP contribution in [0.2, 0.25) is 0 Å². The van der Waals surface area contributed by atoms with Gasteiger partial charge in [0.1, 0.15) is 6.10 Å². The summed E-state index contributed by atoms with van der Waals surface area (Å²) in [5.41, 5.74) is 1.30. The molecule has 2 rings (SSSR count). The summed E-state index contributed by atoms with van der Waals surface area (Å²) in [7, 11) is 0. The monoisotopic (exact) mass is 328 g/mol. The van der Waals surface area contributed by atoms with E-state index in [-0.39, 0.29) is 12.1 Å². The molecule has 1 aromatic heterocycles. The van der Waals surface area contributed by atoms with E-state index in [1.807, 2.05) is 37.3 Å². The van der Waals surface area contributed by atoms with Crippen LogP contribution >= 0.6 is 0 Å². The third-order valence-electron chi connectivity index (χ3n) is 3.63. The van der Waals surface area contributed by atoms with Crippen molar-refractivity contribution in [3.8, 4) is 6.01 Å². The molecule has 0 aliphatic heterocycles. The van der Waals surface area contributed by atoms with Crippen molar-refractivity contribution in [2.75, 3.05) is 6.61 Å². The van der Waals surface area contributed by atoms with Gasteiger partial charge in [0.25, 0.3) is 0 Å². The Labute approximate surface area is 143 Å². The zero-order valence-electron chi connectivity index (χ0n) is 14.3.